The van der Waals surface area contributed by atoms with Crippen molar-refractivity contribution >= 4 is 5.91 Å². The molecule has 2 bridgehead atoms. The molecule has 23 heavy (non-hydrogen) atoms. The molecule has 1 aromatic carbocycles. The second-order valence-electron chi connectivity index (χ2n) is 7.24. The fraction of sp³-hybridized carbons (Fsp3) is 0.450. The Morgan fingerprint density at radius 3 is 2.70 bits per heavy atom. The third-order valence-electron chi connectivity index (χ3n) is 5.80. The Morgan fingerprint density at radius 1 is 1.17 bits per heavy atom. The summed E-state index contributed by atoms with van der Waals surface area (Å²) in [6.07, 6.45) is 9.44. The highest BCUT2D eigenvalue weighted by molar-refractivity contribution is 5.94. The first-order chi connectivity index (χ1) is 11.2. The van der Waals surface area contributed by atoms with E-state index in [1.165, 1.54) is 25.7 Å². The highest BCUT2D eigenvalue weighted by Crippen LogP contribution is 2.49. The standard InChI is InChI=1S/C20H24N2O/c1-14(19-12-15-7-8-16(19)11-15)21-20(23)17-5-4-6-18(13-17)22-9-2-3-10-22/h2-6,9-10,13-16,19H,7-8,11-12H2,1H3,(H,21,23)/t14-,15-,16-,19-/m0/s1. The summed E-state index contributed by atoms with van der Waals surface area (Å²) >= 11 is 0. The van der Waals surface area contributed by atoms with E-state index in [1.807, 2.05) is 53.4 Å². The number of nitrogens with zero attached hydrogens (tertiary/aromatic N) is 1. The van der Waals surface area contributed by atoms with Crippen LogP contribution < -0.4 is 5.32 Å². The predicted molar refractivity (Wildman–Crippen MR) is 91.6 cm³/mol. The molecule has 0 unspecified atom stereocenters. The third kappa shape index (κ3) is 2.80. The normalized spacial score (nSPS) is 27.1. The molecule has 3 heteroatoms. The molecule has 0 aliphatic heterocycles. The van der Waals surface area contributed by atoms with Crippen molar-refractivity contribution in [2.24, 2.45) is 17.8 Å². The van der Waals surface area contributed by atoms with Gasteiger partial charge in [0.1, 0.15) is 0 Å². The van der Waals surface area contributed by atoms with Crippen LogP contribution >= 0.6 is 0 Å². The van der Waals surface area contributed by atoms with Crippen LogP contribution in [-0.2, 0) is 0 Å². The molecule has 2 aliphatic carbocycles. The number of benzene rings is 1. The Morgan fingerprint density at radius 2 is 2.00 bits per heavy atom. The molecule has 120 valence electrons. The maximum Gasteiger partial charge on any atom is 0.251 e. The number of rotatable bonds is 4. The van der Waals surface area contributed by atoms with Crippen LogP contribution in [0.25, 0.3) is 5.69 Å². The van der Waals surface area contributed by atoms with Crippen molar-refractivity contribution in [2.45, 2.75) is 38.6 Å². The van der Waals surface area contributed by atoms with E-state index in [9.17, 15) is 4.79 Å². The number of hydrogen-bond donors (Lipinski definition) is 1. The van der Waals surface area contributed by atoms with Gasteiger partial charge in [-0.3, -0.25) is 4.79 Å². The van der Waals surface area contributed by atoms with Crippen LogP contribution in [0.1, 0.15) is 43.0 Å². The van der Waals surface area contributed by atoms with Crippen LogP contribution in [-0.4, -0.2) is 16.5 Å². The fourth-order valence-electron chi connectivity index (χ4n) is 4.62. The van der Waals surface area contributed by atoms with Gasteiger partial charge < -0.3 is 9.88 Å². The summed E-state index contributed by atoms with van der Waals surface area (Å²) in [6.45, 7) is 2.18. The lowest BCUT2D eigenvalue weighted by Gasteiger charge is -2.28. The van der Waals surface area contributed by atoms with Gasteiger partial charge >= 0.3 is 0 Å². The Kier molecular flexibility index (Phi) is 3.72. The van der Waals surface area contributed by atoms with Gasteiger partial charge in [-0.2, -0.15) is 0 Å². The average molecular weight is 308 g/mol. The molecule has 4 rings (SSSR count). The summed E-state index contributed by atoms with van der Waals surface area (Å²) < 4.78 is 2.02. The van der Waals surface area contributed by atoms with Crippen LogP contribution in [0.2, 0.25) is 0 Å². The predicted octanol–water partition coefficient (Wildman–Crippen LogP) is 4.03. The number of hydrogen-bond acceptors (Lipinski definition) is 1. The maximum atomic E-state index is 12.6. The SMILES string of the molecule is C[C@H](NC(=O)c1cccc(-n2cccc2)c1)[C@@H]1C[C@H]2CC[C@H]1C2. The van der Waals surface area contributed by atoms with Gasteiger partial charge in [-0.1, -0.05) is 12.5 Å². The van der Waals surface area contributed by atoms with Crippen LogP contribution in [0.4, 0.5) is 0 Å². The molecule has 2 aromatic rings. The molecule has 3 nitrogen and oxygen atoms in total. The maximum absolute atomic E-state index is 12.6. The molecule has 1 aromatic heterocycles. The summed E-state index contributed by atoms with van der Waals surface area (Å²) in [4.78, 5) is 12.6. The Labute approximate surface area is 137 Å². The number of nitrogens with one attached hydrogen (secondary N) is 1. The highest BCUT2D eigenvalue weighted by atomic mass is 16.1. The van der Waals surface area contributed by atoms with Crippen molar-refractivity contribution in [3.8, 4) is 5.69 Å². The van der Waals surface area contributed by atoms with Crippen molar-refractivity contribution in [3.63, 3.8) is 0 Å². The average Bonchev–Trinajstić information content (AvgIpc) is 3.32. The van der Waals surface area contributed by atoms with E-state index >= 15 is 0 Å². The minimum absolute atomic E-state index is 0.0503. The topological polar surface area (TPSA) is 34.0 Å². The van der Waals surface area contributed by atoms with Crippen molar-refractivity contribution in [2.75, 3.05) is 0 Å². The van der Waals surface area contributed by atoms with Gasteiger partial charge in [-0.05, 0) is 74.3 Å². The van der Waals surface area contributed by atoms with Gasteiger partial charge in [0.25, 0.3) is 5.91 Å². The van der Waals surface area contributed by atoms with E-state index in [4.69, 9.17) is 0 Å². The van der Waals surface area contributed by atoms with Crippen molar-refractivity contribution in [3.05, 3.63) is 54.4 Å². The minimum atomic E-state index is 0.0503. The molecule has 2 saturated carbocycles. The fourth-order valence-corrected chi connectivity index (χ4v) is 4.62. The van der Waals surface area contributed by atoms with Gasteiger partial charge in [-0.15, -0.1) is 0 Å². The first kappa shape index (κ1) is 14.6. The molecular weight excluding hydrogens is 284 g/mol. The van der Waals surface area contributed by atoms with Gasteiger partial charge in [0.15, 0.2) is 0 Å². The van der Waals surface area contributed by atoms with Gasteiger partial charge in [-0.25, -0.2) is 0 Å². The summed E-state index contributed by atoms with van der Waals surface area (Å²) in [5.41, 5.74) is 1.77. The summed E-state index contributed by atoms with van der Waals surface area (Å²) in [7, 11) is 0. The van der Waals surface area contributed by atoms with Gasteiger partial charge in [0, 0.05) is 29.7 Å². The van der Waals surface area contributed by atoms with Gasteiger partial charge in [0.2, 0.25) is 0 Å². The largest absolute Gasteiger partial charge is 0.349 e. The Hall–Kier alpha value is -2.03. The number of carbonyl (C=O) groups is 1. The summed E-state index contributed by atoms with van der Waals surface area (Å²) in [5.74, 6) is 2.47. The van der Waals surface area contributed by atoms with E-state index in [2.05, 4.69) is 12.2 Å². The van der Waals surface area contributed by atoms with Crippen LogP contribution in [0.3, 0.4) is 0 Å². The Bertz CT molecular complexity index is 691. The highest BCUT2D eigenvalue weighted by Gasteiger charge is 2.42. The van der Waals surface area contributed by atoms with E-state index < -0.39 is 0 Å². The quantitative estimate of drug-likeness (QED) is 0.909. The molecule has 1 heterocycles. The molecule has 2 aliphatic rings. The molecule has 0 saturated heterocycles. The molecule has 0 radical (unpaired) electrons. The lowest BCUT2D eigenvalue weighted by Crippen LogP contribution is -2.40. The lowest BCUT2D eigenvalue weighted by atomic mass is 9.84. The molecule has 1 amide bonds. The minimum Gasteiger partial charge on any atom is -0.349 e. The molecular formula is C20H24N2O. The van der Waals surface area contributed by atoms with Crippen molar-refractivity contribution < 1.29 is 4.79 Å². The van der Waals surface area contributed by atoms with Gasteiger partial charge in [0.05, 0.1) is 0 Å². The van der Waals surface area contributed by atoms with Crippen LogP contribution in [0.5, 0.6) is 0 Å². The molecule has 2 fully saturated rings. The number of aromatic nitrogens is 1. The van der Waals surface area contributed by atoms with Crippen molar-refractivity contribution in [1.29, 1.82) is 0 Å². The van der Waals surface area contributed by atoms with E-state index in [0.29, 0.717) is 5.92 Å². The number of fused-ring (bicyclic) bond motifs is 2. The molecule has 4 atom stereocenters. The Balaban J connectivity index is 1.46. The van der Waals surface area contributed by atoms with E-state index in [1.54, 1.807) is 0 Å². The zero-order valence-corrected chi connectivity index (χ0v) is 13.6. The smallest absolute Gasteiger partial charge is 0.251 e. The lowest BCUT2D eigenvalue weighted by molar-refractivity contribution is 0.0915. The van der Waals surface area contributed by atoms with Crippen LogP contribution in [0.15, 0.2) is 48.8 Å². The first-order valence-electron chi connectivity index (χ1n) is 8.75. The number of carbonyl (C=O) groups excluding carboxylic acids is 1. The second kappa shape index (κ2) is 5.88. The van der Waals surface area contributed by atoms with Crippen molar-refractivity contribution in [1.82, 2.24) is 9.88 Å². The summed E-state index contributed by atoms with van der Waals surface area (Å²) in [5, 5.41) is 3.25. The van der Waals surface area contributed by atoms with Crippen LogP contribution in [0, 0.1) is 17.8 Å². The van der Waals surface area contributed by atoms with E-state index in [0.717, 1.165) is 23.1 Å². The monoisotopic (exact) mass is 308 g/mol. The zero-order valence-electron chi connectivity index (χ0n) is 13.6. The first-order valence-corrected chi connectivity index (χ1v) is 8.75. The second-order valence-corrected chi connectivity index (χ2v) is 7.24. The number of amides is 1. The van der Waals surface area contributed by atoms with E-state index in [-0.39, 0.29) is 11.9 Å². The third-order valence-corrected chi connectivity index (χ3v) is 5.80. The zero-order chi connectivity index (χ0) is 15.8. The molecule has 0 spiro atoms. The molecule has 1 N–H and O–H groups in total. The summed E-state index contributed by atoms with van der Waals surface area (Å²) in [6, 6.07) is 12.1.